The number of rotatable bonds is 6. The predicted octanol–water partition coefficient (Wildman–Crippen LogP) is -1.80. The topological polar surface area (TPSA) is 57.2 Å². The van der Waals surface area contributed by atoms with Crippen LogP contribution in [0.1, 0.15) is 10.4 Å². The van der Waals surface area contributed by atoms with Crippen LogP contribution in [0.15, 0.2) is 18.2 Å². The van der Waals surface area contributed by atoms with Gasteiger partial charge in [-0.3, -0.25) is 4.90 Å². The van der Waals surface area contributed by atoms with E-state index in [1.54, 1.807) is 25.3 Å². The number of methoxy groups -OCH3 is 2. The van der Waals surface area contributed by atoms with E-state index in [1.807, 2.05) is 0 Å². The first-order valence-corrected chi connectivity index (χ1v) is 6.94. The second-order valence-corrected chi connectivity index (χ2v) is 4.66. The van der Waals surface area contributed by atoms with Crippen LogP contribution in [0.4, 0.5) is 0 Å². The SMILES string of the molecule is COc1ccc(C(=O)OCCN2CCOCC2)cc1OC.[Cl-]. The fourth-order valence-electron chi connectivity index (χ4n) is 2.14. The lowest BCUT2D eigenvalue weighted by Crippen LogP contribution is -3.00. The molecule has 1 aliphatic rings. The Bertz CT molecular complexity index is 477. The van der Waals surface area contributed by atoms with Crippen LogP contribution in [-0.4, -0.2) is 64.5 Å². The molecular weight excluding hydrogens is 310 g/mol. The largest absolute Gasteiger partial charge is 1.00 e. The van der Waals surface area contributed by atoms with Crippen LogP contribution in [0.5, 0.6) is 11.5 Å². The summed E-state index contributed by atoms with van der Waals surface area (Å²) in [7, 11) is 3.09. The summed E-state index contributed by atoms with van der Waals surface area (Å²) in [5, 5.41) is 0. The number of carbonyl (C=O) groups excluding carboxylic acids is 1. The van der Waals surface area contributed by atoms with Crippen molar-refractivity contribution in [2.45, 2.75) is 0 Å². The van der Waals surface area contributed by atoms with Crippen molar-refractivity contribution in [3.63, 3.8) is 0 Å². The Labute approximate surface area is 136 Å². The molecule has 6 nitrogen and oxygen atoms in total. The van der Waals surface area contributed by atoms with Crippen LogP contribution in [0.2, 0.25) is 0 Å². The maximum atomic E-state index is 12.0. The molecule has 0 amide bonds. The van der Waals surface area contributed by atoms with Crippen molar-refractivity contribution in [2.75, 3.05) is 53.7 Å². The molecule has 1 heterocycles. The highest BCUT2D eigenvalue weighted by Crippen LogP contribution is 2.27. The van der Waals surface area contributed by atoms with E-state index >= 15 is 0 Å². The lowest BCUT2D eigenvalue weighted by atomic mass is 10.2. The highest BCUT2D eigenvalue weighted by Gasteiger charge is 2.14. The van der Waals surface area contributed by atoms with Gasteiger partial charge in [0.1, 0.15) is 6.61 Å². The zero-order valence-electron chi connectivity index (χ0n) is 12.8. The maximum Gasteiger partial charge on any atom is 0.338 e. The van der Waals surface area contributed by atoms with Gasteiger partial charge in [0.25, 0.3) is 0 Å². The van der Waals surface area contributed by atoms with Gasteiger partial charge in [-0.05, 0) is 18.2 Å². The fraction of sp³-hybridized carbons (Fsp3) is 0.533. The summed E-state index contributed by atoms with van der Waals surface area (Å²) in [6, 6.07) is 4.98. The van der Waals surface area contributed by atoms with Crippen LogP contribution < -0.4 is 21.9 Å². The van der Waals surface area contributed by atoms with Gasteiger partial charge >= 0.3 is 5.97 Å². The molecule has 124 valence electrons. The van der Waals surface area contributed by atoms with Crippen molar-refractivity contribution in [1.29, 1.82) is 0 Å². The van der Waals surface area contributed by atoms with Gasteiger partial charge in [0, 0.05) is 19.6 Å². The number of benzene rings is 1. The number of morpholine rings is 1. The number of carbonyl (C=O) groups is 1. The Hall–Kier alpha value is -1.50. The molecule has 1 saturated heterocycles. The highest BCUT2D eigenvalue weighted by atomic mass is 35.5. The summed E-state index contributed by atoms with van der Waals surface area (Å²) in [6.07, 6.45) is 0. The van der Waals surface area contributed by atoms with Crippen molar-refractivity contribution in [2.24, 2.45) is 0 Å². The zero-order valence-corrected chi connectivity index (χ0v) is 13.6. The molecule has 0 saturated carbocycles. The van der Waals surface area contributed by atoms with Gasteiger partial charge in [0.15, 0.2) is 11.5 Å². The van der Waals surface area contributed by atoms with Crippen LogP contribution in [0, 0.1) is 0 Å². The van der Waals surface area contributed by atoms with E-state index in [4.69, 9.17) is 18.9 Å². The summed E-state index contributed by atoms with van der Waals surface area (Å²) in [6.45, 7) is 4.34. The van der Waals surface area contributed by atoms with Crippen LogP contribution in [-0.2, 0) is 9.47 Å². The van der Waals surface area contributed by atoms with Gasteiger partial charge in [0.05, 0.1) is 33.0 Å². The summed E-state index contributed by atoms with van der Waals surface area (Å²) in [4.78, 5) is 14.2. The van der Waals surface area contributed by atoms with E-state index in [9.17, 15) is 4.79 Å². The van der Waals surface area contributed by atoms with Gasteiger partial charge in [-0.2, -0.15) is 0 Å². The normalized spacial score (nSPS) is 14.8. The quantitative estimate of drug-likeness (QED) is 0.574. The molecule has 1 aliphatic heterocycles. The molecule has 1 fully saturated rings. The number of hydrogen-bond acceptors (Lipinski definition) is 6. The standard InChI is InChI=1S/C15H21NO5.ClH/c1-18-13-4-3-12(11-14(13)19-2)15(17)21-10-7-16-5-8-20-9-6-16;/h3-4,11H,5-10H2,1-2H3;1H/p-1. The second kappa shape index (κ2) is 9.50. The van der Waals surface area contributed by atoms with Crippen molar-refractivity contribution >= 4 is 5.97 Å². The summed E-state index contributed by atoms with van der Waals surface area (Å²) < 4.78 is 20.9. The number of ether oxygens (including phenoxy) is 4. The van der Waals surface area contributed by atoms with Crippen LogP contribution >= 0.6 is 0 Å². The zero-order chi connectivity index (χ0) is 15.1. The number of hydrogen-bond donors (Lipinski definition) is 0. The molecule has 1 aromatic rings. The van der Waals surface area contributed by atoms with Crippen molar-refractivity contribution in [3.8, 4) is 11.5 Å². The third-order valence-corrected chi connectivity index (χ3v) is 3.36. The number of nitrogens with zero attached hydrogens (tertiary/aromatic N) is 1. The molecule has 0 radical (unpaired) electrons. The van der Waals surface area contributed by atoms with Gasteiger partial charge < -0.3 is 31.4 Å². The van der Waals surface area contributed by atoms with Gasteiger partial charge in [-0.25, -0.2) is 4.79 Å². The third-order valence-electron chi connectivity index (χ3n) is 3.36. The average molecular weight is 331 g/mol. The first-order chi connectivity index (χ1) is 10.2. The van der Waals surface area contributed by atoms with Crippen molar-refractivity contribution < 1.29 is 36.1 Å². The Morgan fingerprint density at radius 3 is 2.50 bits per heavy atom. The van der Waals surface area contributed by atoms with E-state index in [2.05, 4.69) is 4.90 Å². The molecule has 0 aromatic heterocycles. The molecule has 1 aromatic carbocycles. The summed E-state index contributed by atoms with van der Waals surface area (Å²) >= 11 is 0. The van der Waals surface area contributed by atoms with E-state index in [1.165, 1.54) is 7.11 Å². The number of esters is 1. The Kier molecular flexibility index (Phi) is 8.01. The van der Waals surface area contributed by atoms with Gasteiger partial charge in [-0.15, -0.1) is 0 Å². The molecule has 0 N–H and O–H groups in total. The minimum Gasteiger partial charge on any atom is -1.00 e. The first-order valence-electron chi connectivity index (χ1n) is 6.94. The molecule has 0 bridgehead atoms. The first kappa shape index (κ1) is 18.5. The molecule has 2 rings (SSSR count). The molecule has 0 spiro atoms. The highest BCUT2D eigenvalue weighted by molar-refractivity contribution is 5.90. The molecule has 0 unspecified atom stereocenters. The second-order valence-electron chi connectivity index (χ2n) is 4.66. The molecule has 0 atom stereocenters. The summed E-state index contributed by atoms with van der Waals surface area (Å²) in [5.74, 6) is 0.742. The van der Waals surface area contributed by atoms with E-state index < -0.39 is 0 Å². The lowest BCUT2D eigenvalue weighted by Gasteiger charge is -2.26. The van der Waals surface area contributed by atoms with Crippen molar-refractivity contribution in [3.05, 3.63) is 23.8 Å². The average Bonchev–Trinajstić information content (AvgIpc) is 2.55. The van der Waals surface area contributed by atoms with Gasteiger partial charge in [0.2, 0.25) is 0 Å². The molecule has 22 heavy (non-hydrogen) atoms. The monoisotopic (exact) mass is 330 g/mol. The van der Waals surface area contributed by atoms with E-state index in [-0.39, 0.29) is 18.4 Å². The minimum atomic E-state index is -0.357. The third kappa shape index (κ3) is 5.05. The molecule has 0 aliphatic carbocycles. The Morgan fingerprint density at radius 2 is 1.86 bits per heavy atom. The molecular formula is C15H21ClNO5-. The predicted molar refractivity (Wildman–Crippen MR) is 77.1 cm³/mol. The lowest BCUT2D eigenvalue weighted by molar-refractivity contribution is -0.0000376. The minimum absolute atomic E-state index is 0. The smallest absolute Gasteiger partial charge is 0.338 e. The van der Waals surface area contributed by atoms with Gasteiger partial charge in [-0.1, -0.05) is 0 Å². The van der Waals surface area contributed by atoms with E-state index in [0.29, 0.717) is 23.7 Å². The molecule has 7 heteroatoms. The Morgan fingerprint density at radius 1 is 1.18 bits per heavy atom. The van der Waals surface area contributed by atoms with Crippen molar-refractivity contribution in [1.82, 2.24) is 4.90 Å². The van der Waals surface area contributed by atoms with Crippen LogP contribution in [0.3, 0.4) is 0 Å². The van der Waals surface area contributed by atoms with E-state index in [0.717, 1.165) is 32.8 Å². The maximum absolute atomic E-state index is 12.0. The Balaban J connectivity index is 0.00000242. The van der Waals surface area contributed by atoms with Crippen LogP contribution in [0.25, 0.3) is 0 Å². The summed E-state index contributed by atoms with van der Waals surface area (Å²) in [5.41, 5.74) is 0.453. The number of halogens is 1. The fourth-order valence-corrected chi connectivity index (χ4v) is 2.14.